The Bertz CT molecular complexity index is 964. The fraction of sp³-hybridized carbons (Fsp3) is 0.318. The first-order valence-corrected chi connectivity index (χ1v) is 9.92. The Morgan fingerprint density at radius 3 is 2.79 bits per heavy atom. The molecule has 1 aliphatic heterocycles. The van der Waals surface area contributed by atoms with Crippen molar-refractivity contribution in [3.63, 3.8) is 0 Å². The molecule has 0 radical (unpaired) electrons. The van der Waals surface area contributed by atoms with Crippen molar-refractivity contribution < 1.29 is 9.53 Å². The fourth-order valence-electron chi connectivity index (χ4n) is 3.41. The highest BCUT2D eigenvalue weighted by Crippen LogP contribution is 2.26. The number of benzene rings is 2. The lowest BCUT2D eigenvalue weighted by Gasteiger charge is -2.22. The predicted octanol–water partition coefficient (Wildman–Crippen LogP) is 3.23. The molecule has 0 saturated carbocycles. The summed E-state index contributed by atoms with van der Waals surface area (Å²) in [7, 11) is 0. The van der Waals surface area contributed by atoms with Gasteiger partial charge in [-0.15, -0.1) is 5.10 Å². The number of rotatable bonds is 6. The Labute approximate surface area is 170 Å². The van der Waals surface area contributed by atoms with E-state index in [1.54, 1.807) is 6.20 Å². The molecule has 29 heavy (non-hydrogen) atoms. The van der Waals surface area contributed by atoms with E-state index in [0.29, 0.717) is 18.3 Å². The minimum Gasteiger partial charge on any atom is -0.457 e. The Kier molecular flexibility index (Phi) is 5.86. The van der Waals surface area contributed by atoms with Gasteiger partial charge in [0, 0.05) is 12.1 Å². The third kappa shape index (κ3) is 4.81. The maximum atomic E-state index is 12.6. The summed E-state index contributed by atoms with van der Waals surface area (Å²) in [5, 5.41) is 14.5. The van der Waals surface area contributed by atoms with Crippen molar-refractivity contribution in [1.29, 1.82) is 0 Å². The molecule has 7 nitrogen and oxygen atoms in total. The van der Waals surface area contributed by atoms with Crippen molar-refractivity contribution in [3.8, 4) is 11.5 Å². The van der Waals surface area contributed by atoms with Crippen molar-refractivity contribution >= 4 is 5.91 Å². The van der Waals surface area contributed by atoms with Crippen LogP contribution >= 0.6 is 0 Å². The number of aromatic nitrogens is 3. The number of carbonyl (C=O) groups is 1. The molecule has 2 N–H and O–H groups in total. The minimum absolute atomic E-state index is 0.239. The quantitative estimate of drug-likeness (QED) is 0.674. The summed E-state index contributed by atoms with van der Waals surface area (Å²) in [5.41, 5.74) is 2.33. The molecule has 7 heteroatoms. The van der Waals surface area contributed by atoms with E-state index in [1.807, 2.05) is 60.1 Å². The van der Waals surface area contributed by atoms with Crippen LogP contribution in [0.15, 0.2) is 54.7 Å². The Hall–Kier alpha value is -3.19. The Morgan fingerprint density at radius 2 is 2.00 bits per heavy atom. The van der Waals surface area contributed by atoms with Crippen LogP contribution in [-0.4, -0.2) is 34.0 Å². The summed E-state index contributed by atoms with van der Waals surface area (Å²) >= 11 is 0. The van der Waals surface area contributed by atoms with Gasteiger partial charge in [-0.2, -0.15) is 0 Å². The second-order valence-corrected chi connectivity index (χ2v) is 7.27. The third-order valence-electron chi connectivity index (χ3n) is 5.06. The molecule has 4 rings (SSSR count). The van der Waals surface area contributed by atoms with Crippen LogP contribution in [0.2, 0.25) is 0 Å². The molecule has 0 bridgehead atoms. The van der Waals surface area contributed by atoms with Gasteiger partial charge in [0.25, 0.3) is 5.91 Å². The highest BCUT2D eigenvalue weighted by Gasteiger charge is 2.19. The van der Waals surface area contributed by atoms with Gasteiger partial charge in [0.15, 0.2) is 5.69 Å². The van der Waals surface area contributed by atoms with Crippen LogP contribution < -0.4 is 15.4 Å². The topological polar surface area (TPSA) is 81.1 Å². The second kappa shape index (κ2) is 8.87. The van der Waals surface area contributed by atoms with Gasteiger partial charge in [0.05, 0.1) is 12.2 Å². The van der Waals surface area contributed by atoms with Gasteiger partial charge in [0.1, 0.15) is 11.5 Å². The lowest BCUT2D eigenvalue weighted by Crippen LogP contribution is -2.29. The first-order valence-electron chi connectivity index (χ1n) is 9.92. The maximum absolute atomic E-state index is 12.6. The van der Waals surface area contributed by atoms with E-state index in [1.165, 1.54) is 0 Å². The van der Waals surface area contributed by atoms with Crippen molar-refractivity contribution in [2.75, 3.05) is 13.1 Å². The van der Waals surface area contributed by atoms with Crippen LogP contribution in [0.3, 0.4) is 0 Å². The summed E-state index contributed by atoms with van der Waals surface area (Å²) in [5.74, 6) is 1.25. The molecule has 0 aliphatic carbocycles. The first-order chi connectivity index (χ1) is 14.2. The summed E-state index contributed by atoms with van der Waals surface area (Å²) in [6.07, 6.45) is 3.73. The highest BCUT2D eigenvalue weighted by atomic mass is 16.5. The molecular formula is C22H25N5O2. The number of hydrogen-bond acceptors (Lipinski definition) is 5. The SMILES string of the molecule is Cc1ccc(CNC(=O)c2cn(C3CCNCC3)nn2)c(Oc2ccccc2)c1. The monoisotopic (exact) mass is 391 g/mol. The summed E-state index contributed by atoms with van der Waals surface area (Å²) < 4.78 is 7.83. The van der Waals surface area contributed by atoms with Gasteiger partial charge in [-0.05, 0) is 56.6 Å². The lowest BCUT2D eigenvalue weighted by atomic mass is 10.1. The fourth-order valence-corrected chi connectivity index (χ4v) is 3.41. The number of carbonyl (C=O) groups excluding carboxylic acids is 1. The number of nitrogens with one attached hydrogen (secondary N) is 2. The zero-order valence-corrected chi connectivity index (χ0v) is 16.5. The molecular weight excluding hydrogens is 366 g/mol. The minimum atomic E-state index is -0.239. The van der Waals surface area contributed by atoms with Crippen molar-refractivity contribution in [1.82, 2.24) is 25.6 Å². The molecule has 2 aromatic carbocycles. The number of ether oxygens (including phenoxy) is 1. The van der Waals surface area contributed by atoms with E-state index in [0.717, 1.165) is 48.6 Å². The predicted molar refractivity (Wildman–Crippen MR) is 110 cm³/mol. The van der Waals surface area contributed by atoms with Gasteiger partial charge in [-0.1, -0.05) is 35.5 Å². The number of hydrogen-bond donors (Lipinski definition) is 2. The average molecular weight is 391 g/mol. The van der Waals surface area contributed by atoms with Crippen LogP contribution in [0.5, 0.6) is 11.5 Å². The number of nitrogens with zero attached hydrogens (tertiary/aromatic N) is 3. The molecule has 0 unspecified atom stereocenters. The maximum Gasteiger partial charge on any atom is 0.273 e. The van der Waals surface area contributed by atoms with E-state index >= 15 is 0 Å². The van der Waals surface area contributed by atoms with Gasteiger partial charge >= 0.3 is 0 Å². The smallest absolute Gasteiger partial charge is 0.273 e. The molecule has 0 atom stereocenters. The molecule has 1 amide bonds. The van der Waals surface area contributed by atoms with Crippen LogP contribution in [0.25, 0.3) is 0 Å². The van der Waals surface area contributed by atoms with Crippen molar-refractivity contribution in [3.05, 3.63) is 71.5 Å². The van der Waals surface area contributed by atoms with E-state index in [4.69, 9.17) is 4.74 Å². The Morgan fingerprint density at radius 1 is 1.21 bits per heavy atom. The van der Waals surface area contributed by atoms with Gasteiger partial charge < -0.3 is 15.4 Å². The molecule has 1 aromatic heterocycles. The lowest BCUT2D eigenvalue weighted by molar-refractivity contribution is 0.0945. The van der Waals surface area contributed by atoms with Crippen LogP contribution in [0.4, 0.5) is 0 Å². The van der Waals surface area contributed by atoms with Crippen molar-refractivity contribution in [2.24, 2.45) is 0 Å². The van der Waals surface area contributed by atoms with Crippen LogP contribution in [-0.2, 0) is 6.54 Å². The molecule has 1 aliphatic rings. The van der Waals surface area contributed by atoms with Gasteiger partial charge in [-0.3, -0.25) is 4.79 Å². The third-order valence-corrected chi connectivity index (χ3v) is 5.06. The molecule has 1 fully saturated rings. The number of amides is 1. The van der Waals surface area contributed by atoms with Crippen molar-refractivity contribution in [2.45, 2.75) is 32.4 Å². The second-order valence-electron chi connectivity index (χ2n) is 7.27. The summed E-state index contributed by atoms with van der Waals surface area (Å²) in [6, 6.07) is 15.9. The van der Waals surface area contributed by atoms with Crippen LogP contribution in [0.1, 0.15) is 40.5 Å². The van der Waals surface area contributed by atoms with E-state index < -0.39 is 0 Å². The van der Waals surface area contributed by atoms with E-state index in [2.05, 4.69) is 20.9 Å². The largest absolute Gasteiger partial charge is 0.457 e. The number of aryl methyl sites for hydroxylation is 1. The molecule has 3 aromatic rings. The molecule has 2 heterocycles. The summed E-state index contributed by atoms with van der Waals surface area (Å²) in [4.78, 5) is 12.6. The highest BCUT2D eigenvalue weighted by molar-refractivity contribution is 5.91. The molecule has 150 valence electrons. The first kappa shape index (κ1) is 19.1. The molecule has 0 spiro atoms. The number of para-hydroxylation sites is 1. The Balaban J connectivity index is 1.42. The van der Waals surface area contributed by atoms with Gasteiger partial charge in [0.2, 0.25) is 0 Å². The van der Waals surface area contributed by atoms with E-state index in [9.17, 15) is 4.79 Å². The normalized spacial score (nSPS) is 14.5. The standard InChI is InChI=1S/C22H25N5O2/c1-16-7-8-17(21(13-16)29-19-5-3-2-4-6-19)14-24-22(28)20-15-27(26-25-20)18-9-11-23-12-10-18/h2-8,13,15,18,23H,9-12,14H2,1H3,(H,24,28). The van der Waals surface area contributed by atoms with E-state index in [-0.39, 0.29) is 5.91 Å². The van der Waals surface area contributed by atoms with Gasteiger partial charge in [-0.25, -0.2) is 4.68 Å². The zero-order valence-electron chi connectivity index (χ0n) is 16.5. The van der Waals surface area contributed by atoms with Crippen LogP contribution in [0, 0.1) is 6.92 Å². The number of piperidine rings is 1. The summed E-state index contributed by atoms with van der Waals surface area (Å²) in [6.45, 7) is 4.29. The average Bonchev–Trinajstić information content (AvgIpc) is 3.25. The molecule has 1 saturated heterocycles. The zero-order chi connectivity index (χ0) is 20.1.